The second-order valence-electron chi connectivity index (χ2n) is 11.7. The molecule has 0 amide bonds. The van der Waals surface area contributed by atoms with Crippen molar-refractivity contribution in [2.45, 2.75) is 49.5 Å². The van der Waals surface area contributed by atoms with Crippen molar-refractivity contribution in [2.24, 2.45) is 0 Å². The van der Waals surface area contributed by atoms with Crippen molar-refractivity contribution in [1.82, 2.24) is 0 Å². The minimum Gasteiger partial charge on any atom is -0.165 e. The zero-order chi connectivity index (χ0) is 33.8. The first-order chi connectivity index (χ1) is 21.6. The van der Waals surface area contributed by atoms with Gasteiger partial charge in [-0.15, -0.1) is 68.1 Å². The van der Waals surface area contributed by atoms with E-state index in [-0.39, 0.29) is 5.43 Å². The third kappa shape index (κ3) is 8.74. The van der Waals surface area contributed by atoms with Crippen LogP contribution in [0.25, 0.3) is 21.5 Å². The molecule has 0 saturated heterocycles. The van der Waals surface area contributed by atoms with E-state index in [2.05, 4.69) is 77.2 Å². The van der Waals surface area contributed by atoms with Gasteiger partial charge in [0.25, 0.3) is 0 Å². The number of hydrogen-bond donors (Lipinski definition) is 0. The first kappa shape index (κ1) is 37.8. The Morgan fingerprint density at radius 1 is 0.543 bits per heavy atom. The van der Waals surface area contributed by atoms with E-state index in [4.69, 9.17) is 63.4 Å². The number of halogens is 6. The van der Waals surface area contributed by atoms with Gasteiger partial charge in [0.05, 0.1) is 0 Å². The third-order valence-corrected chi connectivity index (χ3v) is 29.3. The Hall–Kier alpha value is -1.06. The van der Waals surface area contributed by atoms with Crippen LogP contribution in [0.2, 0.25) is 13.1 Å². The van der Waals surface area contributed by atoms with Gasteiger partial charge in [-0.05, 0) is 11.1 Å². The molecule has 6 aromatic rings. The molecule has 0 aliphatic rings. The van der Waals surface area contributed by atoms with E-state index in [1.807, 2.05) is 72.8 Å². The molecular formula is C38H36Cl6SiZr-2. The predicted molar refractivity (Wildman–Crippen MR) is 205 cm³/mol. The molecule has 0 heterocycles. The second kappa shape index (κ2) is 16.1. The third-order valence-electron chi connectivity index (χ3n) is 7.83. The van der Waals surface area contributed by atoms with Crippen LogP contribution in [0.5, 0.6) is 0 Å². The van der Waals surface area contributed by atoms with Gasteiger partial charge in [0.15, 0.2) is 8.67 Å². The van der Waals surface area contributed by atoms with E-state index >= 15 is 0 Å². The molecule has 0 saturated carbocycles. The van der Waals surface area contributed by atoms with Gasteiger partial charge in [0.2, 0.25) is 0 Å². The van der Waals surface area contributed by atoms with Crippen LogP contribution in [0.1, 0.15) is 44.5 Å². The molecule has 0 N–H and O–H groups in total. The first-order valence-corrected chi connectivity index (χ1v) is 28.9. The van der Waals surface area contributed by atoms with Crippen LogP contribution >= 0.6 is 63.4 Å². The summed E-state index contributed by atoms with van der Waals surface area (Å²) < 4.78 is -2.07. The summed E-state index contributed by atoms with van der Waals surface area (Å²) in [5, 5.41) is 4.72. The van der Waals surface area contributed by atoms with E-state index in [9.17, 15) is 0 Å². The summed E-state index contributed by atoms with van der Waals surface area (Å²) in [7, 11) is 11.2. The molecule has 0 spiro atoms. The summed E-state index contributed by atoms with van der Waals surface area (Å²) in [5.74, 6) is 0. The predicted octanol–water partition coefficient (Wildman–Crippen LogP) is 13.9. The van der Waals surface area contributed by atoms with Crippen molar-refractivity contribution >= 4 is 90.4 Å². The van der Waals surface area contributed by atoms with Crippen LogP contribution in [0.4, 0.5) is 0 Å². The molecule has 8 heteroatoms. The smallest absolute Gasteiger partial charge is 0.159 e. The maximum Gasteiger partial charge on any atom is 0.159 e. The van der Waals surface area contributed by atoms with Gasteiger partial charge >= 0.3 is 53.5 Å². The molecule has 6 rings (SSSR count). The fourth-order valence-corrected chi connectivity index (χ4v) is 6.50. The summed E-state index contributed by atoms with van der Waals surface area (Å²) >= 11 is 25.1. The molecule has 46 heavy (non-hydrogen) atoms. The quantitative estimate of drug-likeness (QED) is 0.0944. The monoisotopic (exact) mass is 820 g/mol. The zero-order valence-electron chi connectivity index (χ0n) is 26.7. The average molecular weight is 825 g/mol. The summed E-state index contributed by atoms with van der Waals surface area (Å²) in [6.07, 6.45) is 0. The van der Waals surface area contributed by atoms with E-state index in [1.165, 1.54) is 33.0 Å². The summed E-state index contributed by atoms with van der Waals surface area (Å²) in [5.41, 5.74) is 8.41. The van der Waals surface area contributed by atoms with Crippen LogP contribution in [0.15, 0.2) is 109 Å². The standard InChI is InChI=1S/2C18H15Cl2.C2H6Si.2ClH.Zr/c2*1-12-10-15-13(2)8-9-17(16(15)11-12)18(19,20)14-6-4-3-5-7-14;1-3-2;;;/h2*3-11H,1-2H3;1-2H3;2*1H;/q2*-1;;;;+2/p-2. The molecule has 240 valence electrons. The Kier molecular flexibility index (Phi) is 13.2. The number of benzene rings is 4. The van der Waals surface area contributed by atoms with Gasteiger partial charge < -0.3 is 0 Å². The molecule has 0 aromatic heterocycles. The van der Waals surface area contributed by atoms with Crippen molar-refractivity contribution in [3.05, 3.63) is 154 Å². The SMILES string of the molecule is C[Si](C)=[Zr]([Cl])[Cl].Cc1cc2c(C(Cl)(Cl)c3ccccc3)ccc(C)c2[cH-]1.Cc1cc2c(C(Cl)(Cl)c3ccccc3)ccc(C)c2[cH-]1. The van der Waals surface area contributed by atoms with Crippen LogP contribution in [-0.2, 0) is 26.6 Å². The Morgan fingerprint density at radius 2 is 0.870 bits per heavy atom. The van der Waals surface area contributed by atoms with Crippen LogP contribution in [0.3, 0.4) is 0 Å². The minimum atomic E-state index is -1.65. The van der Waals surface area contributed by atoms with Crippen molar-refractivity contribution in [3.8, 4) is 0 Å². The number of hydrogen-bond acceptors (Lipinski definition) is 0. The van der Waals surface area contributed by atoms with E-state index < -0.39 is 26.6 Å². The van der Waals surface area contributed by atoms with E-state index in [1.54, 1.807) is 0 Å². The van der Waals surface area contributed by atoms with Gasteiger partial charge in [-0.2, -0.15) is 12.1 Å². The Morgan fingerprint density at radius 3 is 1.17 bits per heavy atom. The van der Waals surface area contributed by atoms with Crippen molar-refractivity contribution in [2.75, 3.05) is 0 Å². The average Bonchev–Trinajstić information content (AvgIpc) is 3.62. The summed E-state index contributed by atoms with van der Waals surface area (Å²) in [6, 6.07) is 36.5. The number of fused-ring (bicyclic) bond motifs is 2. The van der Waals surface area contributed by atoms with Crippen molar-refractivity contribution < 1.29 is 18.0 Å². The fraction of sp³-hybridized carbons (Fsp3) is 0.211. The topological polar surface area (TPSA) is 0 Å². The Balaban J connectivity index is 0.000000178. The van der Waals surface area contributed by atoms with Crippen LogP contribution in [-0.4, -0.2) is 5.43 Å². The summed E-state index contributed by atoms with van der Waals surface area (Å²) in [4.78, 5) is 0. The Labute approximate surface area is 308 Å². The van der Waals surface area contributed by atoms with Gasteiger partial charge in [0, 0.05) is 0 Å². The van der Waals surface area contributed by atoms with Gasteiger partial charge in [-0.25, -0.2) is 0 Å². The normalized spacial score (nSPS) is 11.5. The number of rotatable bonds is 4. The largest absolute Gasteiger partial charge is 0.165 e. The fourth-order valence-electron chi connectivity index (χ4n) is 5.33. The summed E-state index contributed by atoms with van der Waals surface area (Å²) in [6.45, 7) is 12.7. The first-order valence-electron chi connectivity index (χ1n) is 14.8. The molecule has 0 aliphatic heterocycles. The van der Waals surface area contributed by atoms with E-state index in [0.717, 1.165) is 33.0 Å². The van der Waals surface area contributed by atoms with Crippen LogP contribution in [0, 0.1) is 27.7 Å². The van der Waals surface area contributed by atoms with Gasteiger partial charge in [-0.3, -0.25) is 0 Å². The molecule has 0 unspecified atom stereocenters. The van der Waals surface area contributed by atoms with Gasteiger partial charge in [0.1, 0.15) is 0 Å². The molecule has 0 atom stereocenters. The number of alkyl halides is 4. The minimum absolute atomic E-state index is 0.224. The van der Waals surface area contributed by atoms with Crippen LogP contribution < -0.4 is 0 Å². The molecule has 0 nitrogen and oxygen atoms in total. The molecule has 0 radical (unpaired) electrons. The maximum absolute atomic E-state index is 6.69. The second-order valence-corrected chi connectivity index (χ2v) is 37.4. The van der Waals surface area contributed by atoms with Gasteiger partial charge in [-0.1, -0.05) is 158 Å². The molecule has 6 aromatic carbocycles. The zero-order valence-corrected chi connectivity index (χ0v) is 34.7. The molecular weight excluding hydrogens is 788 g/mol. The molecule has 0 bridgehead atoms. The van der Waals surface area contributed by atoms with E-state index in [0.29, 0.717) is 0 Å². The van der Waals surface area contributed by atoms with Crippen molar-refractivity contribution in [3.63, 3.8) is 0 Å². The molecule has 0 fully saturated rings. The number of aryl methyl sites for hydroxylation is 4. The van der Waals surface area contributed by atoms with Crippen molar-refractivity contribution in [1.29, 1.82) is 0 Å². The maximum atomic E-state index is 6.69. The molecule has 0 aliphatic carbocycles. The Bertz CT molecular complexity index is 1820.